The van der Waals surface area contributed by atoms with E-state index in [4.69, 9.17) is 0 Å². The van der Waals surface area contributed by atoms with Gasteiger partial charge in [0.1, 0.15) is 10.0 Å². The van der Waals surface area contributed by atoms with Gasteiger partial charge in [-0.05, 0) is 49.6 Å². The molecule has 5 nitrogen and oxygen atoms in total. The number of aromatic nitrogens is 2. The zero-order chi connectivity index (χ0) is 17.3. The molecule has 1 aromatic carbocycles. The smallest absolute Gasteiger partial charge is 0.238 e. The van der Waals surface area contributed by atoms with Crippen molar-refractivity contribution in [2.75, 3.05) is 0 Å². The molecule has 8 heteroatoms. The molecule has 0 spiro atoms. The van der Waals surface area contributed by atoms with Crippen molar-refractivity contribution in [3.8, 4) is 5.69 Å². The van der Waals surface area contributed by atoms with Crippen LogP contribution in [0.2, 0.25) is 0 Å². The first-order chi connectivity index (χ1) is 11.4. The highest BCUT2D eigenvalue weighted by Crippen LogP contribution is 2.23. The van der Waals surface area contributed by atoms with Gasteiger partial charge in [0.25, 0.3) is 10.0 Å². The number of nitrogens with zero attached hydrogens (tertiary/aromatic N) is 2. The van der Waals surface area contributed by atoms with Gasteiger partial charge in [0, 0.05) is 17.3 Å². The molecule has 2 aromatic heterocycles. The van der Waals surface area contributed by atoms with Gasteiger partial charge in [-0.1, -0.05) is 6.07 Å². The van der Waals surface area contributed by atoms with Gasteiger partial charge in [0.05, 0.1) is 11.9 Å². The Kier molecular flexibility index (Phi) is 4.53. The topological polar surface area (TPSA) is 64.0 Å². The van der Waals surface area contributed by atoms with Gasteiger partial charge in [-0.25, -0.2) is 22.2 Å². The average molecular weight is 365 g/mol. The van der Waals surface area contributed by atoms with Crippen LogP contribution in [0.4, 0.5) is 4.39 Å². The van der Waals surface area contributed by atoms with E-state index in [-0.39, 0.29) is 10.0 Å². The summed E-state index contributed by atoms with van der Waals surface area (Å²) in [6, 6.07) is 8.79. The van der Waals surface area contributed by atoms with E-state index in [0.29, 0.717) is 5.69 Å². The summed E-state index contributed by atoms with van der Waals surface area (Å²) in [6.45, 7) is 3.62. The number of benzene rings is 1. The molecule has 3 rings (SSSR count). The molecule has 1 N–H and O–H groups in total. The molecule has 24 heavy (non-hydrogen) atoms. The highest BCUT2D eigenvalue weighted by atomic mass is 32.2. The molecule has 0 unspecified atom stereocenters. The minimum Gasteiger partial charge on any atom is -0.238 e. The SMILES string of the molecule is Cc1c([C@@H](C)NS(=O)(=O)c2cccs2)cnn1-c1ccc(F)cc1. The Morgan fingerprint density at radius 1 is 1.25 bits per heavy atom. The maximum absolute atomic E-state index is 13.1. The molecule has 0 aliphatic carbocycles. The van der Waals surface area contributed by atoms with Gasteiger partial charge in [0.2, 0.25) is 0 Å². The Bertz CT molecular complexity index is 932. The Morgan fingerprint density at radius 2 is 1.96 bits per heavy atom. The van der Waals surface area contributed by atoms with E-state index in [2.05, 4.69) is 9.82 Å². The number of thiophene rings is 1. The molecule has 0 amide bonds. The Labute approximate surface area is 143 Å². The Morgan fingerprint density at radius 3 is 2.58 bits per heavy atom. The molecule has 3 aromatic rings. The lowest BCUT2D eigenvalue weighted by Gasteiger charge is -2.13. The molecule has 0 fully saturated rings. The van der Waals surface area contributed by atoms with Gasteiger partial charge in [0.15, 0.2) is 0 Å². The fourth-order valence-corrected chi connectivity index (χ4v) is 4.69. The minimum absolute atomic E-state index is 0.276. The van der Waals surface area contributed by atoms with E-state index in [1.165, 1.54) is 23.5 Å². The second-order valence-electron chi connectivity index (χ2n) is 5.35. The molecule has 0 saturated heterocycles. The molecular formula is C16H16FN3O2S2. The van der Waals surface area contributed by atoms with E-state index < -0.39 is 16.1 Å². The van der Waals surface area contributed by atoms with E-state index in [1.807, 2.05) is 6.92 Å². The molecule has 0 saturated carbocycles. The first-order valence-electron chi connectivity index (χ1n) is 7.25. The van der Waals surface area contributed by atoms with Crippen LogP contribution in [0.25, 0.3) is 5.69 Å². The first kappa shape index (κ1) is 16.8. The monoisotopic (exact) mass is 365 g/mol. The van der Waals surface area contributed by atoms with E-state index >= 15 is 0 Å². The zero-order valence-electron chi connectivity index (χ0n) is 13.1. The second kappa shape index (κ2) is 6.46. The summed E-state index contributed by atoms with van der Waals surface area (Å²) in [6.07, 6.45) is 1.63. The fraction of sp³-hybridized carbons (Fsp3) is 0.188. The molecule has 0 aliphatic rings. The van der Waals surface area contributed by atoms with Crippen LogP contribution in [0.15, 0.2) is 52.2 Å². The third-order valence-electron chi connectivity index (χ3n) is 3.68. The van der Waals surface area contributed by atoms with Gasteiger partial charge >= 0.3 is 0 Å². The standard InChI is InChI=1S/C16H16FN3O2S2/c1-11(19-24(21,22)16-4-3-9-23-16)15-10-18-20(12(15)2)14-7-5-13(17)6-8-14/h3-11,19H,1-2H3/t11-/m1/s1. The number of hydrogen-bond donors (Lipinski definition) is 1. The number of rotatable bonds is 5. The van der Waals surface area contributed by atoms with Crippen molar-refractivity contribution < 1.29 is 12.8 Å². The van der Waals surface area contributed by atoms with Crippen LogP contribution in [0.3, 0.4) is 0 Å². The Balaban J connectivity index is 1.87. The van der Waals surface area contributed by atoms with Crippen LogP contribution in [0.1, 0.15) is 24.2 Å². The van der Waals surface area contributed by atoms with Crippen molar-refractivity contribution in [1.82, 2.24) is 14.5 Å². The third kappa shape index (κ3) is 3.26. The maximum atomic E-state index is 13.1. The molecule has 0 radical (unpaired) electrons. The highest BCUT2D eigenvalue weighted by molar-refractivity contribution is 7.91. The summed E-state index contributed by atoms with van der Waals surface area (Å²) < 4.78 is 42.3. The molecule has 1 atom stereocenters. The van der Waals surface area contributed by atoms with Gasteiger partial charge in [-0.2, -0.15) is 5.10 Å². The Hall–Kier alpha value is -2.03. The molecular weight excluding hydrogens is 349 g/mol. The van der Waals surface area contributed by atoms with Crippen LogP contribution in [-0.2, 0) is 10.0 Å². The lowest BCUT2D eigenvalue weighted by atomic mass is 10.1. The van der Waals surface area contributed by atoms with Crippen molar-refractivity contribution in [2.45, 2.75) is 24.1 Å². The van der Waals surface area contributed by atoms with Crippen LogP contribution in [-0.4, -0.2) is 18.2 Å². The lowest BCUT2D eigenvalue weighted by Crippen LogP contribution is -2.26. The highest BCUT2D eigenvalue weighted by Gasteiger charge is 2.22. The van der Waals surface area contributed by atoms with E-state index in [1.54, 1.807) is 47.4 Å². The maximum Gasteiger partial charge on any atom is 0.250 e. The van der Waals surface area contributed by atoms with Crippen LogP contribution in [0, 0.1) is 12.7 Å². The zero-order valence-corrected chi connectivity index (χ0v) is 14.7. The lowest BCUT2D eigenvalue weighted by molar-refractivity contribution is 0.568. The second-order valence-corrected chi connectivity index (χ2v) is 8.24. The number of nitrogens with one attached hydrogen (secondary N) is 1. The van der Waals surface area contributed by atoms with E-state index in [9.17, 15) is 12.8 Å². The van der Waals surface area contributed by atoms with Crippen LogP contribution in [0.5, 0.6) is 0 Å². The summed E-state index contributed by atoms with van der Waals surface area (Å²) in [5.74, 6) is -0.319. The summed E-state index contributed by atoms with van der Waals surface area (Å²) in [5, 5.41) is 6.01. The quantitative estimate of drug-likeness (QED) is 0.753. The van der Waals surface area contributed by atoms with Crippen LogP contribution < -0.4 is 4.72 Å². The predicted molar refractivity (Wildman–Crippen MR) is 91.3 cm³/mol. The molecule has 2 heterocycles. The number of halogens is 1. The third-order valence-corrected chi connectivity index (χ3v) is 6.62. The molecule has 0 aliphatic heterocycles. The molecule has 126 valence electrons. The molecule has 0 bridgehead atoms. The minimum atomic E-state index is -3.56. The van der Waals surface area contributed by atoms with Crippen molar-refractivity contribution in [1.29, 1.82) is 0 Å². The summed E-state index contributed by atoms with van der Waals surface area (Å²) in [5.41, 5.74) is 2.27. The van der Waals surface area contributed by atoms with Gasteiger partial charge in [-0.3, -0.25) is 0 Å². The normalized spacial score (nSPS) is 13.1. The van der Waals surface area contributed by atoms with Crippen LogP contribution >= 0.6 is 11.3 Å². The van der Waals surface area contributed by atoms with Crippen molar-refractivity contribution in [3.63, 3.8) is 0 Å². The van der Waals surface area contributed by atoms with Crippen molar-refractivity contribution >= 4 is 21.4 Å². The van der Waals surface area contributed by atoms with Gasteiger partial charge in [-0.15, -0.1) is 11.3 Å². The predicted octanol–water partition coefficient (Wildman–Crippen LogP) is 3.42. The van der Waals surface area contributed by atoms with Crippen molar-refractivity contribution in [2.24, 2.45) is 0 Å². The largest absolute Gasteiger partial charge is 0.250 e. The summed E-state index contributed by atoms with van der Waals surface area (Å²) >= 11 is 1.17. The van der Waals surface area contributed by atoms with E-state index in [0.717, 1.165) is 11.3 Å². The number of sulfonamides is 1. The number of hydrogen-bond acceptors (Lipinski definition) is 4. The first-order valence-corrected chi connectivity index (χ1v) is 9.61. The fourth-order valence-electron chi connectivity index (χ4n) is 2.46. The summed E-state index contributed by atoms with van der Waals surface area (Å²) in [7, 11) is -3.56. The summed E-state index contributed by atoms with van der Waals surface area (Å²) in [4.78, 5) is 0. The van der Waals surface area contributed by atoms with Crippen molar-refractivity contribution in [3.05, 3.63) is 65.0 Å². The average Bonchev–Trinajstić information content (AvgIpc) is 3.18. The van der Waals surface area contributed by atoms with Gasteiger partial charge < -0.3 is 0 Å².